The molecule has 0 saturated heterocycles. The number of carbonyl (C=O) groups is 3. The molecule has 9 heteroatoms. The Labute approximate surface area is 268 Å². The Bertz CT molecular complexity index is 1740. The molecule has 0 N–H and O–H groups in total. The van der Waals surface area contributed by atoms with Gasteiger partial charge in [0.25, 0.3) is 0 Å². The van der Waals surface area contributed by atoms with Crippen LogP contribution in [0, 0.1) is 6.92 Å². The van der Waals surface area contributed by atoms with Crippen LogP contribution < -0.4 is 4.90 Å². The van der Waals surface area contributed by atoms with Gasteiger partial charge in [-0.3, -0.25) is 9.59 Å². The molecule has 0 amide bonds. The molecule has 0 fully saturated rings. The normalized spacial score (nSPS) is 12.4. The van der Waals surface area contributed by atoms with E-state index in [4.69, 9.17) is 4.84 Å². The van der Waals surface area contributed by atoms with Crippen LogP contribution in [0.25, 0.3) is 0 Å². The van der Waals surface area contributed by atoms with E-state index in [0.717, 1.165) is 36.1 Å². The molecule has 43 heavy (non-hydrogen) atoms. The summed E-state index contributed by atoms with van der Waals surface area (Å²) in [6.07, 6.45) is 0.325. The Morgan fingerprint density at radius 1 is 0.907 bits per heavy atom. The van der Waals surface area contributed by atoms with Gasteiger partial charge >= 0.3 is 5.97 Å². The van der Waals surface area contributed by atoms with Crippen LogP contribution in [0.4, 0.5) is 11.4 Å². The van der Waals surface area contributed by atoms with E-state index in [0.29, 0.717) is 35.4 Å². The Hall–Kier alpha value is -3.66. The third kappa shape index (κ3) is 7.12. The number of fused-ring (bicyclic) bond motifs is 2. The van der Waals surface area contributed by atoms with E-state index in [1.54, 1.807) is 17.8 Å². The van der Waals surface area contributed by atoms with Gasteiger partial charge in [0.15, 0.2) is 5.78 Å². The van der Waals surface area contributed by atoms with Gasteiger partial charge in [0.05, 0.1) is 11.4 Å². The van der Waals surface area contributed by atoms with Gasteiger partial charge in [-0.2, -0.15) is 0 Å². The highest BCUT2D eigenvalue weighted by molar-refractivity contribution is 9.10. The summed E-state index contributed by atoms with van der Waals surface area (Å²) in [7, 11) is 0. The van der Waals surface area contributed by atoms with Gasteiger partial charge in [0.1, 0.15) is 5.71 Å². The molecular formula is C34H29BrN2O4S2. The van der Waals surface area contributed by atoms with Gasteiger partial charge < -0.3 is 9.74 Å². The summed E-state index contributed by atoms with van der Waals surface area (Å²) in [5.41, 5.74) is 4.87. The first-order valence-electron chi connectivity index (χ1n) is 13.8. The van der Waals surface area contributed by atoms with Crippen LogP contribution in [0.1, 0.15) is 52.1 Å². The molecule has 218 valence electrons. The molecule has 0 aliphatic carbocycles. The molecule has 0 atom stereocenters. The fourth-order valence-electron chi connectivity index (χ4n) is 4.78. The van der Waals surface area contributed by atoms with E-state index < -0.39 is 5.97 Å². The molecule has 1 aliphatic rings. The van der Waals surface area contributed by atoms with Crippen molar-refractivity contribution < 1.29 is 19.2 Å². The van der Waals surface area contributed by atoms with E-state index in [9.17, 15) is 14.4 Å². The van der Waals surface area contributed by atoms with Gasteiger partial charge in [-0.1, -0.05) is 57.1 Å². The topological polar surface area (TPSA) is 76.0 Å². The number of anilines is 2. The van der Waals surface area contributed by atoms with Crippen molar-refractivity contribution in [3.05, 3.63) is 112 Å². The van der Waals surface area contributed by atoms with E-state index in [1.807, 2.05) is 85.8 Å². The summed E-state index contributed by atoms with van der Waals surface area (Å²) in [6.45, 7) is 5.98. The zero-order chi connectivity index (χ0) is 30.5. The molecule has 4 aromatic carbocycles. The van der Waals surface area contributed by atoms with E-state index >= 15 is 0 Å². The molecular weight excluding hydrogens is 644 g/mol. The Morgan fingerprint density at radius 3 is 2.21 bits per heavy atom. The highest BCUT2D eigenvalue weighted by Crippen LogP contribution is 2.48. The highest BCUT2D eigenvalue weighted by atomic mass is 79.9. The SMILES string of the molecule is CCN1c2ccc(C(=O)C(CCSc3ccc(Br)cc3)=NOC(C)=O)cc2Sc2cc(C(=O)c3ccccc3C)ccc21. The molecule has 1 heterocycles. The zero-order valence-corrected chi connectivity index (χ0v) is 27.1. The van der Waals surface area contributed by atoms with E-state index in [1.165, 1.54) is 18.7 Å². The number of Topliss-reactive ketones (excluding diaryl/α,β-unsaturated/α-hetero) is 1. The molecule has 0 spiro atoms. The second-order valence-electron chi connectivity index (χ2n) is 9.86. The fraction of sp³-hybridized carbons (Fsp3) is 0.176. The standard InChI is InChI=1S/C34H29BrN2O4S2/c1-4-37-29-15-9-23(33(39)27-8-6-5-7-21(27)2)19-31(29)43-32-20-24(10-16-30(32)37)34(40)28(36-41-22(3)38)17-18-42-26-13-11-25(35)12-14-26/h5-16,19-20H,4,17-18H2,1-3H3. The van der Waals surface area contributed by atoms with Crippen molar-refractivity contribution in [1.82, 2.24) is 0 Å². The quantitative estimate of drug-likeness (QED) is 0.0547. The van der Waals surface area contributed by atoms with E-state index in [2.05, 4.69) is 32.9 Å². The molecule has 0 aromatic heterocycles. The van der Waals surface area contributed by atoms with Crippen molar-refractivity contribution in [3.8, 4) is 0 Å². The summed E-state index contributed by atoms with van der Waals surface area (Å²) >= 11 is 6.56. The molecule has 6 nitrogen and oxygen atoms in total. The van der Waals surface area contributed by atoms with Crippen LogP contribution in [0.15, 0.2) is 109 Å². The van der Waals surface area contributed by atoms with Gasteiger partial charge in [-0.15, -0.1) is 11.8 Å². The molecule has 0 radical (unpaired) electrons. The number of aryl methyl sites for hydroxylation is 1. The minimum atomic E-state index is -0.585. The van der Waals surface area contributed by atoms with Gasteiger partial charge in [0.2, 0.25) is 5.78 Å². The lowest BCUT2D eigenvalue weighted by Crippen LogP contribution is -2.21. The van der Waals surface area contributed by atoms with Crippen molar-refractivity contribution in [2.24, 2.45) is 5.16 Å². The first kappa shape index (κ1) is 30.8. The largest absolute Gasteiger partial charge is 0.340 e. The van der Waals surface area contributed by atoms with Crippen LogP contribution in [-0.2, 0) is 9.63 Å². The fourth-order valence-corrected chi connectivity index (χ4v) is 7.07. The first-order valence-corrected chi connectivity index (χ1v) is 16.4. The average Bonchev–Trinajstić information content (AvgIpc) is 3.01. The lowest BCUT2D eigenvalue weighted by molar-refractivity contribution is -0.140. The molecule has 4 aromatic rings. The third-order valence-corrected chi connectivity index (χ3v) is 9.56. The molecule has 0 bridgehead atoms. The number of rotatable bonds is 10. The summed E-state index contributed by atoms with van der Waals surface area (Å²) in [5, 5.41) is 3.93. The second-order valence-corrected chi connectivity index (χ2v) is 13.0. The van der Waals surface area contributed by atoms with Gasteiger partial charge in [0, 0.05) is 61.5 Å². The predicted molar refractivity (Wildman–Crippen MR) is 177 cm³/mol. The highest BCUT2D eigenvalue weighted by Gasteiger charge is 2.26. The minimum Gasteiger partial charge on any atom is -0.340 e. The average molecular weight is 674 g/mol. The number of hydrogen-bond acceptors (Lipinski definition) is 8. The number of oxime groups is 1. The molecule has 5 rings (SSSR count). The molecule has 0 saturated carbocycles. The number of nitrogens with zero attached hydrogens (tertiary/aromatic N) is 2. The Balaban J connectivity index is 1.40. The summed E-state index contributed by atoms with van der Waals surface area (Å²) in [5.74, 6) is -0.315. The number of halogens is 1. The van der Waals surface area contributed by atoms with Crippen LogP contribution in [0.3, 0.4) is 0 Å². The summed E-state index contributed by atoms with van der Waals surface area (Å²) < 4.78 is 0.993. The maximum absolute atomic E-state index is 13.7. The maximum Gasteiger partial charge on any atom is 0.331 e. The number of ketones is 2. The number of benzene rings is 4. The van der Waals surface area contributed by atoms with Crippen LogP contribution in [-0.4, -0.2) is 35.5 Å². The predicted octanol–water partition coefficient (Wildman–Crippen LogP) is 8.90. The smallest absolute Gasteiger partial charge is 0.331 e. The monoisotopic (exact) mass is 672 g/mol. The first-order chi connectivity index (χ1) is 20.7. The summed E-state index contributed by atoms with van der Waals surface area (Å²) in [6, 6.07) is 26.9. The second kappa shape index (κ2) is 13.8. The number of carbonyl (C=O) groups excluding carboxylic acids is 3. The lowest BCUT2D eigenvalue weighted by Gasteiger charge is -2.32. The van der Waals surface area contributed by atoms with Crippen molar-refractivity contribution in [1.29, 1.82) is 0 Å². The van der Waals surface area contributed by atoms with E-state index in [-0.39, 0.29) is 17.3 Å². The zero-order valence-electron chi connectivity index (χ0n) is 23.9. The maximum atomic E-state index is 13.7. The Kier molecular flexibility index (Phi) is 9.85. The third-order valence-electron chi connectivity index (χ3n) is 6.92. The van der Waals surface area contributed by atoms with Crippen molar-refractivity contribution in [2.75, 3.05) is 17.2 Å². The van der Waals surface area contributed by atoms with Crippen LogP contribution in [0.2, 0.25) is 0 Å². The molecule has 0 unspecified atom stereocenters. The Morgan fingerprint density at radius 2 is 1.56 bits per heavy atom. The minimum absolute atomic E-state index is 0.0217. The van der Waals surface area contributed by atoms with Crippen molar-refractivity contribution in [2.45, 2.75) is 41.9 Å². The van der Waals surface area contributed by atoms with Crippen molar-refractivity contribution >= 4 is 74.1 Å². The number of hydrogen-bond donors (Lipinski definition) is 0. The van der Waals surface area contributed by atoms with Gasteiger partial charge in [-0.05, 0) is 80.1 Å². The lowest BCUT2D eigenvalue weighted by atomic mass is 9.99. The molecule has 1 aliphatic heterocycles. The van der Waals surface area contributed by atoms with Crippen LogP contribution >= 0.6 is 39.5 Å². The number of thioether (sulfide) groups is 1. The van der Waals surface area contributed by atoms with Crippen molar-refractivity contribution in [3.63, 3.8) is 0 Å². The van der Waals surface area contributed by atoms with Crippen LogP contribution in [0.5, 0.6) is 0 Å². The van der Waals surface area contributed by atoms with Gasteiger partial charge in [-0.25, -0.2) is 4.79 Å². The summed E-state index contributed by atoms with van der Waals surface area (Å²) in [4.78, 5) is 48.5.